The van der Waals surface area contributed by atoms with Crippen LogP contribution in [0.1, 0.15) is 5.56 Å². The molecule has 0 bridgehead atoms. The van der Waals surface area contributed by atoms with Crippen LogP contribution in [0.5, 0.6) is 0 Å². The standard InChI is InChI=1S/C15H11ClFN3/c1-9-7-10(16)5-6-13(9)20-15-11-3-2-4-12(17)14(11)18-8-19-15/h2-8H,1H3,(H,18,19,20). The molecular weight excluding hydrogens is 277 g/mol. The molecule has 5 heteroatoms. The molecule has 0 aliphatic carbocycles. The lowest BCUT2D eigenvalue weighted by Crippen LogP contribution is -1.98. The second-order valence-electron chi connectivity index (χ2n) is 4.44. The molecule has 0 aliphatic rings. The number of para-hydroxylation sites is 1. The van der Waals surface area contributed by atoms with E-state index in [4.69, 9.17) is 11.6 Å². The van der Waals surface area contributed by atoms with Gasteiger partial charge < -0.3 is 5.32 Å². The number of nitrogens with zero attached hydrogens (tertiary/aromatic N) is 2. The first-order chi connectivity index (χ1) is 9.65. The van der Waals surface area contributed by atoms with Crippen molar-refractivity contribution in [2.75, 3.05) is 5.32 Å². The van der Waals surface area contributed by atoms with Gasteiger partial charge >= 0.3 is 0 Å². The minimum atomic E-state index is -0.360. The van der Waals surface area contributed by atoms with E-state index in [0.717, 1.165) is 11.3 Å². The highest BCUT2D eigenvalue weighted by atomic mass is 35.5. The van der Waals surface area contributed by atoms with Crippen LogP contribution in [0.3, 0.4) is 0 Å². The fraction of sp³-hybridized carbons (Fsp3) is 0.0667. The Morgan fingerprint density at radius 2 is 2.00 bits per heavy atom. The first-order valence-corrected chi connectivity index (χ1v) is 6.45. The lowest BCUT2D eigenvalue weighted by Gasteiger charge is -2.11. The van der Waals surface area contributed by atoms with E-state index in [9.17, 15) is 4.39 Å². The first-order valence-electron chi connectivity index (χ1n) is 6.07. The number of hydrogen-bond donors (Lipinski definition) is 1. The molecule has 2 aromatic carbocycles. The number of benzene rings is 2. The van der Waals surface area contributed by atoms with Crippen LogP contribution in [0.15, 0.2) is 42.7 Å². The van der Waals surface area contributed by atoms with Crippen molar-refractivity contribution in [2.24, 2.45) is 0 Å². The Morgan fingerprint density at radius 1 is 1.15 bits per heavy atom. The monoisotopic (exact) mass is 287 g/mol. The summed E-state index contributed by atoms with van der Waals surface area (Å²) in [6, 6.07) is 10.3. The fourth-order valence-corrected chi connectivity index (χ4v) is 2.27. The van der Waals surface area contributed by atoms with E-state index in [2.05, 4.69) is 15.3 Å². The van der Waals surface area contributed by atoms with Crippen LogP contribution in [0, 0.1) is 12.7 Å². The maximum Gasteiger partial charge on any atom is 0.149 e. The molecule has 100 valence electrons. The van der Waals surface area contributed by atoms with Crippen molar-refractivity contribution in [3.05, 3.63) is 59.1 Å². The van der Waals surface area contributed by atoms with Gasteiger partial charge in [0.2, 0.25) is 0 Å². The number of rotatable bonds is 2. The summed E-state index contributed by atoms with van der Waals surface area (Å²) in [5.41, 5.74) is 2.16. The molecule has 3 aromatic rings. The molecule has 0 radical (unpaired) electrons. The van der Waals surface area contributed by atoms with Crippen LogP contribution in [-0.4, -0.2) is 9.97 Å². The van der Waals surface area contributed by atoms with E-state index >= 15 is 0 Å². The minimum Gasteiger partial charge on any atom is -0.339 e. The number of aryl methyl sites for hydroxylation is 1. The number of fused-ring (bicyclic) bond motifs is 1. The highest BCUT2D eigenvalue weighted by molar-refractivity contribution is 6.30. The summed E-state index contributed by atoms with van der Waals surface area (Å²) in [6.07, 6.45) is 1.35. The lowest BCUT2D eigenvalue weighted by atomic mass is 10.2. The molecule has 0 unspecified atom stereocenters. The Morgan fingerprint density at radius 3 is 2.80 bits per heavy atom. The zero-order chi connectivity index (χ0) is 14.1. The van der Waals surface area contributed by atoms with Crippen molar-refractivity contribution in [2.45, 2.75) is 6.92 Å². The van der Waals surface area contributed by atoms with Crippen LogP contribution >= 0.6 is 11.6 Å². The maximum atomic E-state index is 13.7. The molecule has 0 spiro atoms. The minimum absolute atomic E-state index is 0.302. The van der Waals surface area contributed by atoms with Gasteiger partial charge in [0.25, 0.3) is 0 Å². The van der Waals surface area contributed by atoms with Gasteiger partial charge in [-0.1, -0.05) is 17.7 Å². The average Bonchev–Trinajstić information content (AvgIpc) is 2.43. The van der Waals surface area contributed by atoms with E-state index < -0.39 is 0 Å². The Balaban J connectivity index is 2.09. The molecule has 0 aliphatic heterocycles. The average molecular weight is 288 g/mol. The van der Waals surface area contributed by atoms with Gasteiger partial charge in [-0.15, -0.1) is 0 Å². The van der Waals surface area contributed by atoms with Gasteiger partial charge in [-0.2, -0.15) is 0 Å². The van der Waals surface area contributed by atoms with Crippen LogP contribution in [0.4, 0.5) is 15.9 Å². The number of anilines is 2. The van der Waals surface area contributed by atoms with Gasteiger partial charge in [0, 0.05) is 16.1 Å². The van der Waals surface area contributed by atoms with Gasteiger partial charge in [-0.25, -0.2) is 14.4 Å². The molecular formula is C15H11ClFN3. The number of halogens is 2. The van der Waals surface area contributed by atoms with Crippen molar-refractivity contribution in [1.82, 2.24) is 9.97 Å². The molecule has 0 amide bonds. The summed E-state index contributed by atoms with van der Waals surface area (Å²) in [6.45, 7) is 1.94. The molecule has 0 saturated heterocycles. The molecule has 0 saturated carbocycles. The van der Waals surface area contributed by atoms with E-state index in [1.807, 2.05) is 19.1 Å². The normalized spacial score (nSPS) is 10.8. The summed E-state index contributed by atoms with van der Waals surface area (Å²) in [7, 11) is 0. The van der Waals surface area contributed by atoms with Crippen molar-refractivity contribution < 1.29 is 4.39 Å². The van der Waals surface area contributed by atoms with Gasteiger partial charge in [0.05, 0.1) is 0 Å². The zero-order valence-corrected chi connectivity index (χ0v) is 11.4. The third-order valence-electron chi connectivity index (χ3n) is 3.06. The summed E-state index contributed by atoms with van der Waals surface area (Å²) < 4.78 is 13.7. The third kappa shape index (κ3) is 2.30. The van der Waals surface area contributed by atoms with E-state index in [1.54, 1.807) is 18.2 Å². The zero-order valence-electron chi connectivity index (χ0n) is 10.7. The lowest BCUT2D eigenvalue weighted by molar-refractivity contribution is 0.636. The smallest absolute Gasteiger partial charge is 0.149 e. The third-order valence-corrected chi connectivity index (χ3v) is 3.29. The molecule has 3 rings (SSSR count). The Hall–Kier alpha value is -2.20. The van der Waals surface area contributed by atoms with Crippen LogP contribution in [-0.2, 0) is 0 Å². The van der Waals surface area contributed by atoms with Crippen molar-refractivity contribution in [1.29, 1.82) is 0 Å². The first kappa shape index (κ1) is 12.8. The summed E-state index contributed by atoms with van der Waals surface area (Å²) in [4.78, 5) is 8.16. The van der Waals surface area contributed by atoms with Gasteiger partial charge in [-0.05, 0) is 42.8 Å². The van der Waals surface area contributed by atoms with Gasteiger partial charge in [0.1, 0.15) is 23.5 Å². The highest BCUT2D eigenvalue weighted by Gasteiger charge is 2.08. The van der Waals surface area contributed by atoms with Gasteiger partial charge in [0.15, 0.2) is 0 Å². The topological polar surface area (TPSA) is 37.8 Å². The summed E-state index contributed by atoms with van der Waals surface area (Å²) in [5.74, 6) is 0.209. The van der Waals surface area contributed by atoms with Crippen LogP contribution in [0.2, 0.25) is 5.02 Å². The largest absolute Gasteiger partial charge is 0.339 e. The Labute approximate surface area is 120 Å². The number of hydrogen-bond acceptors (Lipinski definition) is 3. The van der Waals surface area contributed by atoms with Crippen LogP contribution in [0.25, 0.3) is 10.9 Å². The Kier molecular flexibility index (Phi) is 3.24. The predicted octanol–water partition coefficient (Wildman–Crippen LogP) is 4.47. The second kappa shape index (κ2) is 5.06. The predicted molar refractivity (Wildman–Crippen MR) is 79.0 cm³/mol. The SMILES string of the molecule is Cc1cc(Cl)ccc1Nc1ncnc2c(F)cccc12. The van der Waals surface area contributed by atoms with E-state index in [-0.39, 0.29) is 5.82 Å². The molecule has 0 atom stereocenters. The van der Waals surface area contributed by atoms with Gasteiger partial charge in [-0.3, -0.25) is 0 Å². The molecule has 1 heterocycles. The van der Waals surface area contributed by atoms with Crippen molar-refractivity contribution in [3.63, 3.8) is 0 Å². The molecule has 0 fully saturated rings. The second-order valence-corrected chi connectivity index (χ2v) is 4.88. The Bertz CT molecular complexity index is 789. The van der Waals surface area contributed by atoms with Crippen molar-refractivity contribution >= 4 is 34.0 Å². The van der Waals surface area contributed by atoms with E-state index in [1.165, 1.54) is 12.4 Å². The molecule has 1 N–H and O–H groups in total. The summed E-state index contributed by atoms with van der Waals surface area (Å²) in [5, 5.41) is 4.51. The molecule has 3 nitrogen and oxygen atoms in total. The quantitative estimate of drug-likeness (QED) is 0.755. The summed E-state index contributed by atoms with van der Waals surface area (Å²) >= 11 is 5.93. The fourth-order valence-electron chi connectivity index (χ4n) is 2.05. The van der Waals surface area contributed by atoms with E-state index in [0.29, 0.717) is 21.7 Å². The number of aromatic nitrogens is 2. The molecule has 20 heavy (non-hydrogen) atoms. The van der Waals surface area contributed by atoms with Crippen LogP contribution < -0.4 is 5.32 Å². The number of nitrogens with one attached hydrogen (secondary N) is 1. The maximum absolute atomic E-state index is 13.7. The highest BCUT2D eigenvalue weighted by Crippen LogP contribution is 2.27. The van der Waals surface area contributed by atoms with Crippen molar-refractivity contribution in [3.8, 4) is 0 Å². The molecule has 1 aromatic heterocycles.